The topological polar surface area (TPSA) is 38.9 Å². The van der Waals surface area contributed by atoms with Crippen molar-refractivity contribution in [3.63, 3.8) is 0 Å². The largest absolute Gasteiger partial charge is 0.501 e. The number of aryl methyl sites for hydroxylation is 4. The molecule has 0 N–H and O–H groups in total. The van der Waals surface area contributed by atoms with Crippen LogP contribution in [0, 0.1) is 45.0 Å². The SMILES string of the molecule is [2H]C([2H])([2H])c1c[c-]c(-c2ccc(C([2H])([2H])C(C)(C)C)cn2)cc1.[2H]C([2H])([2H])c1cc(C2([2H])CCCC2)ccc1-c1ccc(-c2cc(-c3[c-]ccc4c3oc3ccccc34)ncc2C([2H])([2H])[2H])c(C([2H])([2H])[2H])c1.[Ir]. The number of hydrogen-bond acceptors (Lipinski definition) is 3. The number of para-hydroxylation sites is 1. The zero-order valence-corrected chi connectivity index (χ0v) is 34.9. The van der Waals surface area contributed by atoms with Crippen molar-refractivity contribution in [3.8, 4) is 44.8 Å². The molecule has 3 aromatic heterocycles. The second-order valence-electron chi connectivity index (χ2n) is 15.4. The van der Waals surface area contributed by atoms with Gasteiger partial charge in [0.15, 0.2) is 0 Å². The van der Waals surface area contributed by atoms with Gasteiger partial charge in [0, 0.05) is 58.4 Å². The average molecular weight is 952 g/mol. The molecule has 4 heteroatoms. The summed E-state index contributed by atoms with van der Waals surface area (Å²) in [5, 5.41) is 1.73. The van der Waals surface area contributed by atoms with E-state index in [1.807, 2.05) is 51.1 Å². The Morgan fingerprint density at radius 2 is 1.53 bits per heavy atom. The summed E-state index contributed by atoms with van der Waals surface area (Å²) < 4.78 is 129. The summed E-state index contributed by atoms with van der Waals surface area (Å²) in [5.74, 6) is -0.860. The molecule has 1 aliphatic carbocycles. The van der Waals surface area contributed by atoms with Crippen LogP contribution < -0.4 is 0 Å². The van der Waals surface area contributed by atoms with Gasteiger partial charge in [-0.15, -0.1) is 53.6 Å². The third-order valence-corrected chi connectivity index (χ3v) is 10.1. The second kappa shape index (κ2) is 17.4. The molecule has 3 nitrogen and oxygen atoms in total. The Morgan fingerprint density at radius 3 is 2.28 bits per heavy atom. The van der Waals surface area contributed by atoms with Gasteiger partial charge < -0.3 is 14.4 Å². The summed E-state index contributed by atoms with van der Waals surface area (Å²) in [4.78, 5) is 8.80. The van der Waals surface area contributed by atoms with Crippen LogP contribution in [0.3, 0.4) is 0 Å². The number of benzene rings is 5. The molecule has 0 saturated heterocycles. The van der Waals surface area contributed by atoms with Crippen molar-refractivity contribution in [2.75, 3.05) is 0 Å². The number of rotatable bonds is 6. The van der Waals surface area contributed by atoms with Crippen LogP contribution in [0.15, 0.2) is 126 Å². The summed E-state index contributed by atoms with van der Waals surface area (Å²) in [6.45, 7) is -4.44. The Labute approximate surface area is 379 Å². The number of pyridine rings is 2. The summed E-state index contributed by atoms with van der Waals surface area (Å²) in [6, 6.07) is 36.6. The minimum atomic E-state index is -2.69. The molecule has 0 aliphatic heterocycles. The van der Waals surface area contributed by atoms with Crippen molar-refractivity contribution in [2.24, 2.45) is 5.41 Å². The van der Waals surface area contributed by atoms with Crippen molar-refractivity contribution in [1.82, 2.24) is 9.97 Å². The first-order valence-electron chi connectivity index (χ1n) is 26.6. The van der Waals surface area contributed by atoms with Crippen molar-refractivity contribution >= 4 is 21.9 Å². The van der Waals surface area contributed by atoms with Gasteiger partial charge >= 0.3 is 0 Å². The van der Waals surface area contributed by atoms with Crippen LogP contribution in [-0.2, 0) is 26.5 Å². The minimum absolute atomic E-state index is 0. The molecular formula is C54H52IrN2O-2. The van der Waals surface area contributed by atoms with E-state index in [0.29, 0.717) is 68.8 Å². The monoisotopic (exact) mass is 952 g/mol. The molecule has 0 unspecified atom stereocenters. The van der Waals surface area contributed by atoms with E-state index < -0.39 is 45.1 Å². The molecule has 295 valence electrons. The number of furan rings is 1. The first kappa shape index (κ1) is 26.1. The predicted octanol–water partition coefficient (Wildman–Crippen LogP) is 14.8. The second-order valence-corrected chi connectivity index (χ2v) is 15.4. The van der Waals surface area contributed by atoms with Crippen LogP contribution in [0.1, 0.15) is 106 Å². The normalized spacial score (nSPS) is 18.5. The fourth-order valence-corrected chi connectivity index (χ4v) is 7.39. The fourth-order valence-electron chi connectivity index (χ4n) is 7.39. The van der Waals surface area contributed by atoms with Crippen molar-refractivity contribution in [3.05, 3.63) is 167 Å². The first-order chi connectivity index (χ1) is 33.5. The van der Waals surface area contributed by atoms with E-state index in [9.17, 15) is 0 Å². The molecule has 0 atom stereocenters. The zero-order valence-electron chi connectivity index (χ0n) is 47.5. The molecule has 3 heterocycles. The molecule has 8 aromatic rings. The molecule has 5 aromatic carbocycles. The van der Waals surface area contributed by atoms with Crippen molar-refractivity contribution in [2.45, 2.75) is 86.1 Å². The number of fused-ring (bicyclic) bond motifs is 3. The Morgan fingerprint density at radius 1 is 0.741 bits per heavy atom. The van der Waals surface area contributed by atoms with E-state index in [-0.39, 0.29) is 53.5 Å². The van der Waals surface area contributed by atoms with Gasteiger partial charge in [0.25, 0.3) is 0 Å². The van der Waals surface area contributed by atoms with Crippen LogP contribution in [0.25, 0.3) is 66.7 Å². The Bertz CT molecular complexity index is 3270. The van der Waals surface area contributed by atoms with E-state index in [0.717, 1.165) is 23.6 Å². The quantitative estimate of drug-likeness (QED) is 0.156. The van der Waals surface area contributed by atoms with Gasteiger partial charge in [0.05, 0.1) is 5.58 Å². The van der Waals surface area contributed by atoms with Gasteiger partial charge in [0.1, 0.15) is 5.58 Å². The fraction of sp³-hybridized carbons (Fsp3) is 0.259. The third kappa shape index (κ3) is 8.95. The van der Waals surface area contributed by atoms with E-state index >= 15 is 0 Å². The molecule has 0 bridgehead atoms. The summed E-state index contributed by atoms with van der Waals surface area (Å²) in [7, 11) is 0. The van der Waals surface area contributed by atoms with Crippen LogP contribution in [0.4, 0.5) is 0 Å². The van der Waals surface area contributed by atoms with Crippen LogP contribution in [0.5, 0.6) is 0 Å². The van der Waals surface area contributed by atoms with Crippen LogP contribution in [0.2, 0.25) is 0 Å². The van der Waals surface area contributed by atoms with Crippen LogP contribution >= 0.6 is 0 Å². The maximum absolute atomic E-state index is 8.94. The molecular weight excluding hydrogens is 885 g/mol. The average Bonchev–Trinajstić information content (AvgIpc) is 3.94. The summed E-state index contributed by atoms with van der Waals surface area (Å²) in [5.41, 5.74) is 5.01. The van der Waals surface area contributed by atoms with E-state index in [1.165, 1.54) is 30.6 Å². The maximum Gasteiger partial charge on any atom is 0.120 e. The molecule has 0 spiro atoms. The van der Waals surface area contributed by atoms with E-state index in [1.54, 1.807) is 60.7 Å². The zero-order chi connectivity index (χ0) is 52.4. The maximum atomic E-state index is 8.94. The number of aromatic nitrogens is 2. The van der Waals surface area contributed by atoms with E-state index in [2.05, 4.69) is 22.1 Å². The minimum Gasteiger partial charge on any atom is -0.501 e. The Hall–Kier alpha value is -5.15. The van der Waals surface area contributed by atoms with Crippen LogP contribution in [-0.4, -0.2) is 9.97 Å². The summed E-state index contributed by atoms with van der Waals surface area (Å²) >= 11 is 0. The molecule has 1 radical (unpaired) electrons. The third-order valence-electron chi connectivity index (χ3n) is 10.1. The van der Waals surface area contributed by atoms with Gasteiger partial charge in [-0.05, 0) is 119 Å². The molecule has 9 rings (SSSR count). The standard InChI is InChI=1S/C37H32NO.C17H20N.Ir/c1-23-19-27(26-9-4-5-10-26)15-17-29(23)28-16-18-30(24(2)20-28)34-21-35(38-22-25(34)3)33-13-8-12-32-31-11-6-7-14-36(31)39-37(32)33;1-13-5-8-15(9-6-13)16-10-7-14(12-18-16)11-17(2,3)4;/h6-8,11-12,14-22,26H,4-5,9-10H2,1-3H3;5-8,10,12H,11H2,1-4H3;/q2*-1;/i1D3,2D3,3D3,26D;1D3,11D2;. The molecule has 0 amide bonds. The molecule has 58 heavy (non-hydrogen) atoms. The van der Waals surface area contributed by atoms with Gasteiger partial charge in [-0.3, -0.25) is 0 Å². The Balaban J connectivity index is 0.000000274. The number of hydrogen-bond donors (Lipinski definition) is 0. The first-order valence-corrected chi connectivity index (χ1v) is 19.1. The molecule has 1 aliphatic rings. The van der Waals surface area contributed by atoms with Gasteiger partial charge in [0.2, 0.25) is 0 Å². The van der Waals surface area contributed by atoms with Gasteiger partial charge in [-0.25, -0.2) is 0 Å². The smallest absolute Gasteiger partial charge is 0.120 e. The number of nitrogens with zero attached hydrogens (tertiary/aromatic N) is 2. The molecule has 1 fully saturated rings. The Kier molecular flexibility index (Phi) is 7.80. The van der Waals surface area contributed by atoms with Crippen molar-refractivity contribution < 1.29 is 45.1 Å². The van der Waals surface area contributed by atoms with Gasteiger partial charge in [-0.1, -0.05) is 124 Å². The predicted molar refractivity (Wildman–Crippen MR) is 238 cm³/mol. The van der Waals surface area contributed by atoms with E-state index in [4.69, 9.17) is 25.0 Å². The van der Waals surface area contributed by atoms with Crippen molar-refractivity contribution in [1.29, 1.82) is 0 Å². The van der Waals surface area contributed by atoms with Gasteiger partial charge in [-0.2, -0.15) is 0 Å². The molecule has 1 saturated carbocycles. The summed E-state index contributed by atoms with van der Waals surface area (Å²) in [6.07, 6.45) is 4.38.